The predicted octanol–water partition coefficient (Wildman–Crippen LogP) is 2.40. The summed E-state index contributed by atoms with van der Waals surface area (Å²) in [4.78, 5) is 11.9. The molecular formula is C14H21NO2. The maximum Gasteiger partial charge on any atom is 0.251 e. The van der Waals surface area contributed by atoms with Crippen LogP contribution in [0.5, 0.6) is 0 Å². The monoisotopic (exact) mass is 235 g/mol. The highest BCUT2D eigenvalue weighted by molar-refractivity contribution is 5.95. The number of hydrogen-bond donors (Lipinski definition) is 1. The minimum Gasteiger partial charge on any atom is -0.379 e. The first kappa shape index (κ1) is 13.7. The van der Waals surface area contributed by atoms with Gasteiger partial charge in [-0.05, 0) is 24.5 Å². The normalized spacial score (nSPS) is 12.5. The van der Waals surface area contributed by atoms with Crippen molar-refractivity contribution in [1.29, 1.82) is 0 Å². The number of nitrogens with one attached hydrogen (secondary N) is 1. The van der Waals surface area contributed by atoms with E-state index in [0.717, 1.165) is 11.1 Å². The number of ether oxygens (including phenoxy) is 1. The van der Waals surface area contributed by atoms with Crippen LogP contribution >= 0.6 is 0 Å². The number of carbonyl (C=O) groups is 1. The number of hydrogen-bond acceptors (Lipinski definition) is 2. The van der Waals surface area contributed by atoms with Crippen LogP contribution in [0.2, 0.25) is 0 Å². The molecule has 94 valence electrons. The van der Waals surface area contributed by atoms with Crippen LogP contribution in [0.4, 0.5) is 0 Å². The molecule has 0 aliphatic carbocycles. The van der Waals surface area contributed by atoms with E-state index in [9.17, 15) is 4.79 Å². The SMILES string of the molecule is CO[C@H](CNC(=O)c1ccccc1C)C(C)C. The standard InChI is InChI=1S/C14H21NO2/c1-10(2)13(17-4)9-15-14(16)12-8-6-5-7-11(12)3/h5-8,10,13H,9H2,1-4H3,(H,15,16)/t13-/m1/s1. The van der Waals surface area contributed by atoms with Crippen molar-refractivity contribution in [1.82, 2.24) is 5.32 Å². The van der Waals surface area contributed by atoms with Gasteiger partial charge in [-0.2, -0.15) is 0 Å². The van der Waals surface area contributed by atoms with Crippen LogP contribution in [-0.4, -0.2) is 25.7 Å². The van der Waals surface area contributed by atoms with Crippen LogP contribution in [0.25, 0.3) is 0 Å². The number of benzene rings is 1. The van der Waals surface area contributed by atoms with Crippen molar-refractivity contribution in [2.45, 2.75) is 26.9 Å². The molecule has 0 saturated heterocycles. The van der Waals surface area contributed by atoms with Gasteiger partial charge < -0.3 is 10.1 Å². The van der Waals surface area contributed by atoms with Gasteiger partial charge in [0.25, 0.3) is 5.91 Å². The van der Waals surface area contributed by atoms with E-state index in [-0.39, 0.29) is 12.0 Å². The second-order valence-corrected chi connectivity index (χ2v) is 4.54. The number of methoxy groups -OCH3 is 1. The first-order valence-corrected chi connectivity index (χ1v) is 5.93. The molecule has 1 aromatic carbocycles. The molecule has 0 spiro atoms. The zero-order valence-electron chi connectivity index (χ0n) is 11.0. The summed E-state index contributed by atoms with van der Waals surface area (Å²) in [5.41, 5.74) is 1.72. The Bertz CT molecular complexity index is 374. The van der Waals surface area contributed by atoms with Crippen molar-refractivity contribution >= 4 is 5.91 Å². The third kappa shape index (κ3) is 3.86. The fraction of sp³-hybridized carbons (Fsp3) is 0.500. The van der Waals surface area contributed by atoms with Crippen molar-refractivity contribution in [3.05, 3.63) is 35.4 Å². The zero-order chi connectivity index (χ0) is 12.8. The molecule has 1 amide bonds. The Morgan fingerprint density at radius 2 is 2.00 bits per heavy atom. The largest absolute Gasteiger partial charge is 0.379 e. The number of aryl methyl sites for hydroxylation is 1. The van der Waals surface area contributed by atoms with Gasteiger partial charge in [0.1, 0.15) is 0 Å². The van der Waals surface area contributed by atoms with Crippen LogP contribution in [-0.2, 0) is 4.74 Å². The second-order valence-electron chi connectivity index (χ2n) is 4.54. The van der Waals surface area contributed by atoms with Crippen LogP contribution in [0.3, 0.4) is 0 Å². The van der Waals surface area contributed by atoms with E-state index in [1.54, 1.807) is 7.11 Å². The van der Waals surface area contributed by atoms with Gasteiger partial charge in [0.2, 0.25) is 0 Å². The van der Waals surface area contributed by atoms with E-state index in [1.165, 1.54) is 0 Å². The predicted molar refractivity (Wildman–Crippen MR) is 69.1 cm³/mol. The van der Waals surface area contributed by atoms with E-state index in [4.69, 9.17) is 4.74 Å². The molecule has 0 fully saturated rings. The minimum absolute atomic E-state index is 0.0363. The Morgan fingerprint density at radius 3 is 2.53 bits per heavy atom. The Hall–Kier alpha value is -1.35. The smallest absolute Gasteiger partial charge is 0.251 e. The summed E-state index contributed by atoms with van der Waals surface area (Å²) in [6.07, 6.45) is 0.0583. The third-order valence-corrected chi connectivity index (χ3v) is 2.90. The highest BCUT2D eigenvalue weighted by atomic mass is 16.5. The molecule has 0 bridgehead atoms. The van der Waals surface area contributed by atoms with Gasteiger partial charge in [-0.25, -0.2) is 0 Å². The molecule has 0 heterocycles. The number of carbonyl (C=O) groups excluding carboxylic acids is 1. The summed E-state index contributed by atoms with van der Waals surface area (Å²) < 4.78 is 5.31. The third-order valence-electron chi connectivity index (χ3n) is 2.90. The summed E-state index contributed by atoms with van der Waals surface area (Å²) in [6, 6.07) is 7.57. The van der Waals surface area contributed by atoms with Crippen molar-refractivity contribution < 1.29 is 9.53 Å². The van der Waals surface area contributed by atoms with Gasteiger partial charge in [-0.15, -0.1) is 0 Å². The van der Waals surface area contributed by atoms with E-state index < -0.39 is 0 Å². The average Bonchev–Trinajstić information content (AvgIpc) is 2.29. The van der Waals surface area contributed by atoms with Crippen molar-refractivity contribution in [2.75, 3.05) is 13.7 Å². The van der Waals surface area contributed by atoms with Crippen molar-refractivity contribution in [2.24, 2.45) is 5.92 Å². The molecule has 1 atom stereocenters. The Kier molecular flexibility index (Phi) is 5.16. The van der Waals surface area contributed by atoms with Crippen molar-refractivity contribution in [3.63, 3.8) is 0 Å². The minimum atomic E-state index is -0.0363. The quantitative estimate of drug-likeness (QED) is 0.851. The molecule has 0 aliphatic heterocycles. The Labute approximate surface area is 103 Å². The maximum absolute atomic E-state index is 11.9. The fourth-order valence-corrected chi connectivity index (χ4v) is 1.71. The molecule has 0 unspecified atom stereocenters. The van der Waals surface area contributed by atoms with Gasteiger partial charge in [-0.1, -0.05) is 32.0 Å². The summed E-state index contributed by atoms with van der Waals surface area (Å²) in [7, 11) is 1.67. The number of rotatable bonds is 5. The molecule has 3 nitrogen and oxygen atoms in total. The zero-order valence-corrected chi connectivity index (χ0v) is 11.0. The molecule has 3 heteroatoms. The molecule has 1 aromatic rings. The molecule has 1 N–H and O–H groups in total. The summed E-state index contributed by atoms with van der Waals surface area (Å²) in [5, 5.41) is 2.91. The van der Waals surface area contributed by atoms with Gasteiger partial charge in [0.15, 0.2) is 0 Å². The molecule has 0 aromatic heterocycles. The fourth-order valence-electron chi connectivity index (χ4n) is 1.71. The van der Waals surface area contributed by atoms with Crippen LogP contribution < -0.4 is 5.32 Å². The van der Waals surface area contributed by atoms with Gasteiger partial charge in [0, 0.05) is 19.2 Å². The second kappa shape index (κ2) is 6.40. The summed E-state index contributed by atoms with van der Waals surface area (Å²) in [6.45, 7) is 6.63. The van der Waals surface area contributed by atoms with E-state index in [0.29, 0.717) is 12.5 Å². The van der Waals surface area contributed by atoms with Crippen LogP contribution in [0.15, 0.2) is 24.3 Å². The maximum atomic E-state index is 11.9. The van der Waals surface area contributed by atoms with Crippen LogP contribution in [0.1, 0.15) is 29.8 Å². The molecule has 0 saturated carbocycles. The van der Waals surface area contributed by atoms with Gasteiger partial charge >= 0.3 is 0 Å². The summed E-state index contributed by atoms with van der Waals surface area (Å²) >= 11 is 0. The Morgan fingerprint density at radius 1 is 1.35 bits per heavy atom. The summed E-state index contributed by atoms with van der Waals surface area (Å²) in [5.74, 6) is 0.350. The Balaban J connectivity index is 2.59. The van der Waals surface area contributed by atoms with E-state index >= 15 is 0 Å². The lowest BCUT2D eigenvalue weighted by Crippen LogP contribution is -2.36. The van der Waals surface area contributed by atoms with E-state index in [2.05, 4.69) is 19.2 Å². The lowest BCUT2D eigenvalue weighted by Gasteiger charge is -2.19. The average molecular weight is 235 g/mol. The first-order chi connectivity index (χ1) is 8.06. The molecule has 0 aliphatic rings. The molecule has 17 heavy (non-hydrogen) atoms. The number of amides is 1. The van der Waals surface area contributed by atoms with E-state index in [1.807, 2.05) is 31.2 Å². The highest BCUT2D eigenvalue weighted by Gasteiger charge is 2.14. The van der Waals surface area contributed by atoms with Gasteiger partial charge in [-0.3, -0.25) is 4.79 Å². The first-order valence-electron chi connectivity index (χ1n) is 5.93. The van der Waals surface area contributed by atoms with Crippen LogP contribution in [0, 0.1) is 12.8 Å². The lowest BCUT2D eigenvalue weighted by atomic mass is 10.1. The lowest BCUT2D eigenvalue weighted by molar-refractivity contribution is 0.0605. The molecule has 0 radical (unpaired) electrons. The topological polar surface area (TPSA) is 38.3 Å². The van der Waals surface area contributed by atoms with Gasteiger partial charge in [0.05, 0.1) is 6.10 Å². The molecule has 1 rings (SSSR count). The highest BCUT2D eigenvalue weighted by Crippen LogP contribution is 2.08. The molecular weight excluding hydrogens is 214 g/mol. The van der Waals surface area contributed by atoms with Crippen molar-refractivity contribution in [3.8, 4) is 0 Å².